The summed E-state index contributed by atoms with van der Waals surface area (Å²) in [4.78, 5) is 12.3. The maximum atomic E-state index is 12.3. The SMILES string of the molecule is COC(=O)OP(C)(c1ccccc1)(c1ccccc1)c1ccccc1. The summed E-state index contributed by atoms with van der Waals surface area (Å²) in [7, 11) is 1.34. The van der Waals surface area contributed by atoms with E-state index in [1.165, 1.54) is 7.11 Å². The Balaban J connectivity index is 2.42. The first-order valence-corrected chi connectivity index (χ1v) is 10.7. The van der Waals surface area contributed by atoms with Gasteiger partial charge in [-0.25, -0.2) is 0 Å². The Morgan fingerprint density at radius 3 is 1.28 bits per heavy atom. The molecule has 0 saturated heterocycles. The van der Waals surface area contributed by atoms with Crippen molar-refractivity contribution in [2.24, 2.45) is 0 Å². The Hall–Kier alpha value is -2.64. The van der Waals surface area contributed by atoms with Gasteiger partial charge in [0, 0.05) is 0 Å². The third-order valence-electron chi connectivity index (χ3n) is 4.60. The molecule has 0 aliphatic heterocycles. The molecule has 0 N–H and O–H groups in total. The van der Waals surface area contributed by atoms with E-state index >= 15 is 0 Å². The van der Waals surface area contributed by atoms with Crippen LogP contribution < -0.4 is 15.9 Å². The average Bonchev–Trinajstić information content (AvgIpc) is 2.70. The maximum absolute atomic E-state index is 12.3. The number of methoxy groups -OCH3 is 1. The first-order valence-electron chi connectivity index (χ1n) is 8.05. The van der Waals surface area contributed by atoms with Crippen molar-refractivity contribution in [1.29, 1.82) is 0 Å². The molecule has 0 heterocycles. The fourth-order valence-electron chi connectivity index (χ4n) is 3.19. The van der Waals surface area contributed by atoms with Crippen LogP contribution in [0.5, 0.6) is 0 Å². The van der Waals surface area contributed by atoms with Crippen molar-refractivity contribution >= 4 is 28.9 Å². The molecule has 0 saturated carbocycles. The Labute approximate surface area is 148 Å². The van der Waals surface area contributed by atoms with Gasteiger partial charge in [0.1, 0.15) is 0 Å². The second kappa shape index (κ2) is 6.70. The summed E-state index contributed by atoms with van der Waals surface area (Å²) in [5, 5.41) is 2.91. The zero-order valence-corrected chi connectivity index (χ0v) is 15.2. The Morgan fingerprint density at radius 2 is 1.00 bits per heavy atom. The van der Waals surface area contributed by atoms with Crippen LogP contribution in [0.3, 0.4) is 0 Å². The minimum atomic E-state index is -3.49. The molecule has 3 aromatic rings. The van der Waals surface area contributed by atoms with Crippen LogP contribution in [-0.2, 0) is 9.26 Å². The molecule has 0 atom stereocenters. The van der Waals surface area contributed by atoms with Crippen molar-refractivity contribution in [3.63, 3.8) is 0 Å². The Morgan fingerprint density at radius 1 is 0.680 bits per heavy atom. The van der Waals surface area contributed by atoms with Gasteiger partial charge >= 0.3 is 148 Å². The number of ether oxygens (including phenoxy) is 1. The van der Waals surface area contributed by atoms with Gasteiger partial charge in [0.05, 0.1) is 0 Å². The van der Waals surface area contributed by atoms with E-state index in [0.29, 0.717) is 0 Å². The van der Waals surface area contributed by atoms with Crippen molar-refractivity contribution in [1.82, 2.24) is 0 Å². The van der Waals surface area contributed by atoms with Crippen LogP contribution >= 0.6 is 6.83 Å². The molecular weight excluding hydrogens is 331 g/mol. The van der Waals surface area contributed by atoms with Crippen molar-refractivity contribution < 1.29 is 14.1 Å². The molecular formula is C21H21O3P. The van der Waals surface area contributed by atoms with Crippen LogP contribution in [0.25, 0.3) is 0 Å². The zero-order valence-electron chi connectivity index (χ0n) is 14.3. The van der Waals surface area contributed by atoms with Gasteiger partial charge in [0.15, 0.2) is 0 Å². The van der Waals surface area contributed by atoms with E-state index in [-0.39, 0.29) is 0 Å². The molecule has 3 nitrogen and oxygen atoms in total. The first kappa shape index (κ1) is 17.2. The van der Waals surface area contributed by atoms with Crippen LogP contribution in [0.4, 0.5) is 4.79 Å². The second-order valence-electron chi connectivity index (χ2n) is 6.01. The van der Waals surface area contributed by atoms with E-state index in [1.54, 1.807) is 0 Å². The van der Waals surface area contributed by atoms with E-state index in [9.17, 15) is 4.79 Å². The van der Waals surface area contributed by atoms with Crippen LogP contribution in [0.1, 0.15) is 0 Å². The first-order chi connectivity index (χ1) is 12.1. The van der Waals surface area contributed by atoms with Crippen LogP contribution in [0.2, 0.25) is 0 Å². The van der Waals surface area contributed by atoms with Gasteiger partial charge in [-0.3, -0.25) is 0 Å². The molecule has 0 unspecified atom stereocenters. The molecule has 3 rings (SSSR count). The van der Waals surface area contributed by atoms with E-state index in [4.69, 9.17) is 9.26 Å². The molecule has 25 heavy (non-hydrogen) atoms. The fourth-order valence-corrected chi connectivity index (χ4v) is 7.52. The predicted molar refractivity (Wildman–Crippen MR) is 105 cm³/mol. The van der Waals surface area contributed by atoms with Gasteiger partial charge in [-0.1, -0.05) is 0 Å². The summed E-state index contributed by atoms with van der Waals surface area (Å²) in [5.74, 6) is 0. The topological polar surface area (TPSA) is 35.5 Å². The molecule has 4 heteroatoms. The second-order valence-corrected chi connectivity index (χ2v) is 10.7. The summed E-state index contributed by atoms with van der Waals surface area (Å²) in [6, 6.07) is 29.7. The molecule has 0 spiro atoms. The molecule has 0 fully saturated rings. The third-order valence-corrected chi connectivity index (χ3v) is 9.83. The molecule has 0 amide bonds. The molecule has 0 bridgehead atoms. The van der Waals surface area contributed by atoms with Gasteiger partial charge in [-0.15, -0.1) is 0 Å². The van der Waals surface area contributed by atoms with E-state index < -0.39 is 13.0 Å². The van der Waals surface area contributed by atoms with Crippen LogP contribution in [0, 0.1) is 0 Å². The van der Waals surface area contributed by atoms with Gasteiger partial charge < -0.3 is 0 Å². The van der Waals surface area contributed by atoms with Gasteiger partial charge in [-0.05, 0) is 0 Å². The fraction of sp³-hybridized carbons (Fsp3) is 0.0952. The van der Waals surface area contributed by atoms with Crippen LogP contribution in [0.15, 0.2) is 91.0 Å². The standard InChI is InChI=1S/C21H21O3P/c1-23-21(22)24-25(2,18-12-6-3-7-13-18,19-14-8-4-9-15-19)20-16-10-5-11-17-20/h3-17H,1-2H3. The van der Waals surface area contributed by atoms with Gasteiger partial charge in [0.2, 0.25) is 0 Å². The summed E-state index contributed by atoms with van der Waals surface area (Å²) in [6.07, 6.45) is -0.684. The number of benzene rings is 3. The van der Waals surface area contributed by atoms with Gasteiger partial charge in [0.25, 0.3) is 0 Å². The molecule has 0 aliphatic rings. The third kappa shape index (κ3) is 2.81. The van der Waals surface area contributed by atoms with Crippen molar-refractivity contribution in [2.75, 3.05) is 13.8 Å². The predicted octanol–water partition coefficient (Wildman–Crippen LogP) is 3.84. The minimum absolute atomic E-state index is 0.684. The number of hydrogen-bond acceptors (Lipinski definition) is 3. The van der Waals surface area contributed by atoms with Crippen LogP contribution in [-0.4, -0.2) is 19.9 Å². The summed E-state index contributed by atoms with van der Waals surface area (Å²) in [6.45, 7) is -1.45. The summed E-state index contributed by atoms with van der Waals surface area (Å²) >= 11 is 0. The van der Waals surface area contributed by atoms with Crippen molar-refractivity contribution in [3.8, 4) is 0 Å². The molecule has 0 aliphatic carbocycles. The molecule has 0 radical (unpaired) electrons. The molecule has 3 aromatic carbocycles. The Bertz CT molecular complexity index is 749. The molecule has 0 aromatic heterocycles. The number of hydrogen-bond donors (Lipinski definition) is 0. The van der Waals surface area contributed by atoms with E-state index in [1.807, 2.05) is 97.7 Å². The van der Waals surface area contributed by atoms with E-state index in [0.717, 1.165) is 15.9 Å². The quantitative estimate of drug-likeness (QED) is 0.529. The zero-order chi connectivity index (χ0) is 17.8. The average molecular weight is 352 g/mol. The number of rotatable bonds is 4. The number of carbonyl (C=O) groups excluding carboxylic acids is 1. The summed E-state index contributed by atoms with van der Waals surface area (Å²) < 4.78 is 11.1. The monoisotopic (exact) mass is 352 g/mol. The normalized spacial score (nSPS) is 12.6. The summed E-state index contributed by atoms with van der Waals surface area (Å²) in [5.41, 5.74) is 0. The van der Waals surface area contributed by atoms with Crippen molar-refractivity contribution in [3.05, 3.63) is 91.0 Å². The van der Waals surface area contributed by atoms with E-state index in [2.05, 4.69) is 0 Å². The molecule has 128 valence electrons. The van der Waals surface area contributed by atoms with Crippen molar-refractivity contribution in [2.45, 2.75) is 0 Å². The number of carbonyl (C=O) groups is 1. The van der Waals surface area contributed by atoms with Gasteiger partial charge in [-0.2, -0.15) is 0 Å². The Kier molecular flexibility index (Phi) is 4.61.